The van der Waals surface area contributed by atoms with Crippen LogP contribution in [0, 0.1) is 0 Å². The first-order valence-corrected chi connectivity index (χ1v) is 8.09. The zero-order chi connectivity index (χ0) is 17.6. The Hall–Kier alpha value is -3.21. The van der Waals surface area contributed by atoms with Gasteiger partial charge in [0.05, 0.1) is 18.1 Å². The molecule has 1 amide bonds. The van der Waals surface area contributed by atoms with E-state index in [9.17, 15) is 4.79 Å². The largest absolute Gasteiger partial charge is 0.489 e. The van der Waals surface area contributed by atoms with Crippen LogP contribution in [-0.4, -0.2) is 12.0 Å². The fourth-order valence-corrected chi connectivity index (χ4v) is 2.32. The lowest BCUT2D eigenvalue weighted by Crippen LogP contribution is -2.10. The summed E-state index contributed by atoms with van der Waals surface area (Å²) in [6.45, 7) is 3.99. The van der Waals surface area contributed by atoms with E-state index in [4.69, 9.17) is 9.15 Å². The number of ether oxygens (including phenoxy) is 1. The number of para-hydroxylation sites is 2. The summed E-state index contributed by atoms with van der Waals surface area (Å²) >= 11 is 0. The van der Waals surface area contributed by atoms with E-state index in [0.29, 0.717) is 5.69 Å². The van der Waals surface area contributed by atoms with Crippen LogP contribution >= 0.6 is 0 Å². The SMILES string of the molecule is CC(C)Oc1ccccc1Nc1ccc(NC(=O)c2ccco2)cc1. The van der Waals surface area contributed by atoms with Crippen LogP contribution in [0.5, 0.6) is 5.75 Å². The number of nitrogens with one attached hydrogen (secondary N) is 2. The molecular formula is C20H20N2O3. The highest BCUT2D eigenvalue weighted by Crippen LogP contribution is 2.28. The zero-order valence-corrected chi connectivity index (χ0v) is 14.2. The van der Waals surface area contributed by atoms with Crippen LogP contribution in [0.15, 0.2) is 71.3 Å². The highest BCUT2D eigenvalue weighted by atomic mass is 16.5. The number of hydrogen-bond donors (Lipinski definition) is 2. The number of anilines is 3. The van der Waals surface area contributed by atoms with Crippen molar-refractivity contribution in [1.82, 2.24) is 0 Å². The average molecular weight is 336 g/mol. The van der Waals surface area contributed by atoms with E-state index >= 15 is 0 Å². The second-order valence-electron chi connectivity index (χ2n) is 5.80. The predicted molar refractivity (Wildman–Crippen MR) is 98.6 cm³/mol. The van der Waals surface area contributed by atoms with E-state index in [1.807, 2.05) is 62.4 Å². The van der Waals surface area contributed by atoms with Crippen molar-refractivity contribution in [2.24, 2.45) is 0 Å². The summed E-state index contributed by atoms with van der Waals surface area (Å²) in [6, 6.07) is 18.5. The molecule has 0 unspecified atom stereocenters. The third kappa shape index (κ3) is 4.41. The summed E-state index contributed by atoms with van der Waals surface area (Å²) in [6.07, 6.45) is 1.57. The summed E-state index contributed by atoms with van der Waals surface area (Å²) < 4.78 is 10.9. The summed E-state index contributed by atoms with van der Waals surface area (Å²) in [4.78, 5) is 12.0. The molecule has 128 valence electrons. The van der Waals surface area contributed by atoms with Gasteiger partial charge in [0.2, 0.25) is 0 Å². The molecule has 1 aromatic heterocycles. The average Bonchev–Trinajstić information content (AvgIpc) is 3.13. The van der Waals surface area contributed by atoms with Crippen molar-refractivity contribution in [2.75, 3.05) is 10.6 Å². The van der Waals surface area contributed by atoms with Crippen molar-refractivity contribution in [1.29, 1.82) is 0 Å². The van der Waals surface area contributed by atoms with Gasteiger partial charge in [0.15, 0.2) is 5.76 Å². The van der Waals surface area contributed by atoms with Crippen LogP contribution in [0.2, 0.25) is 0 Å². The van der Waals surface area contributed by atoms with Gasteiger partial charge in [-0.05, 0) is 62.4 Å². The minimum Gasteiger partial charge on any atom is -0.489 e. The van der Waals surface area contributed by atoms with Crippen molar-refractivity contribution in [3.63, 3.8) is 0 Å². The molecule has 0 aliphatic carbocycles. The van der Waals surface area contributed by atoms with Crippen molar-refractivity contribution < 1.29 is 13.9 Å². The molecule has 0 saturated carbocycles. The summed E-state index contributed by atoms with van der Waals surface area (Å²) in [7, 11) is 0. The number of hydrogen-bond acceptors (Lipinski definition) is 4. The lowest BCUT2D eigenvalue weighted by atomic mass is 10.2. The van der Waals surface area contributed by atoms with Crippen LogP contribution in [-0.2, 0) is 0 Å². The van der Waals surface area contributed by atoms with E-state index in [2.05, 4.69) is 10.6 Å². The number of benzene rings is 2. The first-order chi connectivity index (χ1) is 12.1. The van der Waals surface area contributed by atoms with Gasteiger partial charge in [-0.25, -0.2) is 0 Å². The standard InChI is InChI=1S/C20H20N2O3/c1-14(2)25-18-7-4-3-6-17(18)21-15-9-11-16(12-10-15)22-20(23)19-8-5-13-24-19/h3-14,21H,1-2H3,(H,22,23). The quantitative estimate of drug-likeness (QED) is 0.660. The monoisotopic (exact) mass is 336 g/mol. The Bertz CT molecular complexity index is 824. The smallest absolute Gasteiger partial charge is 0.291 e. The Kier molecular flexibility index (Phi) is 5.04. The molecule has 2 N–H and O–H groups in total. The fraction of sp³-hybridized carbons (Fsp3) is 0.150. The molecule has 0 aliphatic rings. The van der Waals surface area contributed by atoms with Gasteiger partial charge >= 0.3 is 0 Å². The second kappa shape index (κ2) is 7.57. The normalized spacial score (nSPS) is 10.5. The molecule has 2 aromatic carbocycles. The lowest BCUT2D eigenvalue weighted by molar-refractivity contribution is 0.0996. The molecule has 0 atom stereocenters. The number of rotatable bonds is 6. The fourth-order valence-electron chi connectivity index (χ4n) is 2.32. The molecule has 0 radical (unpaired) electrons. The van der Waals surface area contributed by atoms with Gasteiger partial charge < -0.3 is 19.8 Å². The zero-order valence-electron chi connectivity index (χ0n) is 14.2. The van der Waals surface area contributed by atoms with Crippen LogP contribution in [0.1, 0.15) is 24.4 Å². The first kappa shape index (κ1) is 16.6. The third-order valence-electron chi connectivity index (χ3n) is 3.42. The van der Waals surface area contributed by atoms with E-state index in [1.54, 1.807) is 12.1 Å². The molecule has 0 fully saturated rings. The van der Waals surface area contributed by atoms with Crippen LogP contribution in [0.25, 0.3) is 0 Å². The number of furan rings is 1. The Labute approximate surface area is 146 Å². The predicted octanol–water partition coefficient (Wildman–Crippen LogP) is 5.06. The maximum Gasteiger partial charge on any atom is 0.291 e. The Balaban J connectivity index is 1.68. The Morgan fingerprint density at radius 2 is 1.68 bits per heavy atom. The third-order valence-corrected chi connectivity index (χ3v) is 3.42. The minimum absolute atomic E-state index is 0.0992. The van der Waals surface area contributed by atoms with Gasteiger partial charge in [-0.3, -0.25) is 4.79 Å². The maximum absolute atomic E-state index is 12.0. The van der Waals surface area contributed by atoms with E-state index in [1.165, 1.54) is 6.26 Å². The summed E-state index contributed by atoms with van der Waals surface area (Å²) in [5.41, 5.74) is 2.48. The number of carbonyl (C=O) groups excluding carboxylic acids is 1. The summed E-state index contributed by atoms with van der Waals surface area (Å²) in [5, 5.41) is 6.12. The molecule has 0 spiro atoms. The molecule has 0 saturated heterocycles. The number of carbonyl (C=O) groups is 1. The van der Waals surface area contributed by atoms with Crippen LogP contribution < -0.4 is 15.4 Å². The van der Waals surface area contributed by atoms with Crippen molar-refractivity contribution in [3.05, 3.63) is 72.7 Å². The van der Waals surface area contributed by atoms with Crippen molar-refractivity contribution in [2.45, 2.75) is 20.0 Å². The molecule has 5 heteroatoms. The van der Waals surface area contributed by atoms with Gasteiger partial charge in [-0.15, -0.1) is 0 Å². The molecule has 3 aromatic rings. The highest BCUT2D eigenvalue weighted by Gasteiger charge is 2.09. The Morgan fingerprint density at radius 1 is 0.960 bits per heavy atom. The van der Waals surface area contributed by atoms with Gasteiger partial charge in [-0.2, -0.15) is 0 Å². The maximum atomic E-state index is 12.0. The second-order valence-corrected chi connectivity index (χ2v) is 5.80. The van der Waals surface area contributed by atoms with Gasteiger partial charge in [0.1, 0.15) is 5.75 Å². The molecule has 5 nitrogen and oxygen atoms in total. The molecule has 1 heterocycles. The Morgan fingerprint density at radius 3 is 2.36 bits per heavy atom. The highest BCUT2D eigenvalue weighted by molar-refractivity contribution is 6.02. The van der Waals surface area contributed by atoms with E-state index < -0.39 is 0 Å². The molecule has 25 heavy (non-hydrogen) atoms. The van der Waals surface area contributed by atoms with E-state index in [-0.39, 0.29) is 17.8 Å². The number of amides is 1. The van der Waals surface area contributed by atoms with Gasteiger partial charge in [0.25, 0.3) is 5.91 Å². The minimum atomic E-state index is -0.276. The van der Waals surface area contributed by atoms with Gasteiger partial charge in [0, 0.05) is 11.4 Å². The van der Waals surface area contributed by atoms with Crippen LogP contribution in [0.3, 0.4) is 0 Å². The molecule has 0 aliphatic heterocycles. The first-order valence-electron chi connectivity index (χ1n) is 8.09. The summed E-state index contributed by atoms with van der Waals surface area (Å²) in [5.74, 6) is 0.802. The topological polar surface area (TPSA) is 63.5 Å². The van der Waals surface area contributed by atoms with Crippen molar-refractivity contribution in [3.8, 4) is 5.75 Å². The van der Waals surface area contributed by atoms with Gasteiger partial charge in [-0.1, -0.05) is 12.1 Å². The van der Waals surface area contributed by atoms with E-state index in [0.717, 1.165) is 17.1 Å². The molecule has 0 bridgehead atoms. The van der Waals surface area contributed by atoms with Crippen LogP contribution in [0.4, 0.5) is 17.1 Å². The molecule has 3 rings (SSSR count). The molecular weight excluding hydrogens is 316 g/mol. The lowest BCUT2D eigenvalue weighted by Gasteiger charge is -2.15. The van der Waals surface area contributed by atoms with Crippen molar-refractivity contribution >= 4 is 23.0 Å².